The Morgan fingerprint density at radius 2 is 1.83 bits per heavy atom. The van der Waals surface area contributed by atoms with Gasteiger partial charge in [-0.3, -0.25) is 9.59 Å². The van der Waals surface area contributed by atoms with Gasteiger partial charge in [0.05, 0.1) is 5.92 Å². The molecule has 1 aliphatic heterocycles. The van der Waals surface area contributed by atoms with Crippen molar-refractivity contribution in [1.82, 2.24) is 0 Å². The van der Waals surface area contributed by atoms with Crippen LogP contribution in [-0.4, -0.2) is 11.8 Å². The molecule has 0 N–H and O–H groups in total. The van der Waals surface area contributed by atoms with E-state index in [-0.39, 0.29) is 17.7 Å². The second-order valence-electron chi connectivity index (χ2n) is 4.77. The highest BCUT2D eigenvalue weighted by atomic mass is 16.5. The molecule has 1 heterocycles. The fourth-order valence-electron chi connectivity index (χ4n) is 2.63. The Morgan fingerprint density at radius 3 is 2.61 bits per heavy atom. The Morgan fingerprint density at radius 1 is 1.06 bits per heavy atom. The van der Waals surface area contributed by atoms with Gasteiger partial charge in [0.25, 0.3) is 0 Å². The smallest absolute Gasteiger partial charge is 0.318 e. The lowest BCUT2D eigenvalue weighted by Crippen LogP contribution is -2.27. The normalized spacial score (nSPS) is 23.7. The monoisotopic (exact) mass is 242 g/mol. The number of esters is 1. The maximum atomic E-state index is 12.0. The van der Waals surface area contributed by atoms with Crippen LogP contribution in [0.5, 0.6) is 0 Å². The minimum Gasteiger partial charge on any atom is -0.430 e. The van der Waals surface area contributed by atoms with Crippen LogP contribution in [0.15, 0.2) is 41.7 Å². The SMILES string of the molecule is O=C1CCCC2=C1CC(c1ccccc1)C(=O)O2. The van der Waals surface area contributed by atoms with Gasteiger partial charge in [0.1, 0.15) is 5.76 Å². The van der Waals surface area contributed by atoms with Crippen LogP contribution in [0.2, 0.25) is 0 Å². The van der Waals surface area contributed by atoms with Crippen molar-refractivity contribution in [2.75, 3.05) is 0 Å². The van der Waals surface area contributed by atoms with Gasteiger partial charge in [-0.25, -0.2) is 0 Å². The van der Waals surface area contributed by atoms with Crippen molar-refractivity contribution in [1.29, 1.82) is 0 Å². The number of ether oxygens (including phenoxy) is 1. The highest BCUT2D eigenvalue weighted by Gasteiger charge is 2.35. The summed E-state index contributed by atoms with van der Waals surface area (Å²) < 4.78 is 5.35. The van der Waals surface area contributed by atoms with Crippen molar-refractivity contribution < 1.29 is 14.3 Å². The van der Waals surface area contributed by atoms with Crippen molar-refractivity contribution in [3.05, 3.63) is 47.2 Å². The molecule has 3 heteroatoms. The van der Waals surface area contributed by atoms with Crippen LogP contribution < -0.4 is 0 Å². The molecular formula is C15H14O3. The Kier molecular flexibility index (Phi) is 2.74. The molecule has 1 aliphatic carbocycles. The number of allylic oxidation sites excluding steroid dienone is 2. The van der Waals surface area contributed by atoms with Crippen LogP contribution in [0.25, 0.3) is 0 Å². The van der Waals surface area contributed by atoms with E-state index in [0.717, 1.165) is 17.6 Å². The van der Waals surface area contributed by atoms with Crippen LogP contribution in [0.3, 0.4) is 0 Å². The van der Waals surface area contributed by atoms with Crippen LogP contribution >= 0.6 is 0 Å². The van der Waals surface area contributed by atoms with Gasteiger partial charge < -0.3 is 4.74 Å². The number of ketones is 1. The van der Waals surface area contributed by atoms with Crippen molar-refractivity contribution in [3.63, 3.8) is 0 Å². The van der Waals surface area contributed by atoms with E-state index in [1.807, 2.05) is 30.3 Å². The van der Waals surface area contributed by atoms with E-state index in [1.165, 1.54) is 0 Å². The van der Waals surface area contributed by atoms with E-state index < -0.39 is 0 Å². The predicted molar refractivity (Wildman–Crippen MR) is 65.8 cm³/mol. The molecule has 1 atom stereocenters. The molecule has 2 aliphatic rings. The number of Topliss-reactive ketones (excluding diaryl/α,β-unsaturated/α-hetero) is 1. The molecule has 0 saturated carbocycles. The number of hydrogen-bond acceptors (Lipinski definition) is 3. The Labute approximate surface area is 105 Å². The van der Waals surface area contributed by atoms with Crippen molar-refractivity contribution in [2.24, 2.45) is 0 Å². The number of carbonyl (C=O) groups excluding carboxylic acids is 2. The molecule has 0 spiro atoms. The molecule has 0 fully saturated rings. The third-order valence-electron chi connectivity index (χ3n) is 3.60. The molecule has 1 aromatic carbocycles. The number of benzene rings is 1. The third-order valence-corrected chi connectivity index (χ3v) is 3.60. The summed E-state index contributed by atoms with van der Waals surface area (Å²) in [5.74, 6) is 0.203. The van der Waals surface area contributed by atoms with E-state index >= 15 is 0 Å². The molecule has 0 bridgehead atoms. The number of hydrogen-bond donors (Lipinski definition) is 0. The van der Waals surface area contributed by atoms with Crippen LogP contribution in [-0.2, 0) is 14.3 Å². The van der Waals surface area contributed by atoms with Gasteiger partial charge in [0, 0.05) is 18.4 Å². The zero-order valence-electron chi connectivity index (χ0n) is 10.0. The first kappa shape index (κ1) is 11.2. The lowest BCUT2D eigenvalue weighted by molar-refractivity contribution is -0.143. The highest BCUT2D eigenvalue weighted by Crippen LogP contribution is 2.37. The molecule has 1 aromatic rings. The van der Waals surface area contributed by atoms with Gasteiger partial charge in [0.2, 0.25) is 0 Å². The topological polar surface area (TPSA) is 43.4 Å². The quantitative estimate of drug-likeness (QED) is 0.711. The zero-order chi connectivity index (χ0) is 12.5. The summed E-state index contributed by atoms with van der Waals surface area (Å²) in [6.07, 6.45) is 2.59. The molecular weight excluding hydrogens is 228 g/mol. The van der Waals surface area contributed by atoms with E-state index in [2.05, 4.69) is 0 Å². The fourth-order valence-corrected chi connectivity index (χ4v) is 2.63. The molecule has 3 nitrogen and oxygen atoms in total. The minimum absolute atomic E-state index is 0.143. The van der Waals surface area contributed by atoms with Gasteiger partial charge in [-0.2, -0.15) is 0 Å². The average molecular weight is 242 g/mol. The fraction of sp³-hybridized carbons (Fsp3) is 0.333. The Hall–Kier alpha value is -1.90. The molecule has 0 radical (unpaired) electrons. The summed E-state index contributed by atoms with van der Waals surface area (Å²) in [6.45, 7) is 0. The summed E-state index contributed by atoms with van der Waals surface area (Å²) in [7, 11) is 0. The molecule has 1 unspecified atom stereocenters. The van der Waals surface area contributed by atoms with Crippen LogP contribution in [0.4, 0.5) is 0 Å². The Balaban J connectivity index is 1.94. The molecule has 0 aromatic heterocycles. The Bertz CT molecular complexity index is 528. The molecule has 0 saturated heterocycles. The van der Waals surface area contributed by atoms with Crippen molar-refractivity contribution in [3.8, 4) is 0 Å². The number of carbonyl (C=O) groups is 2. The first-order valence-electron chi connectivity index (χ1n) is 6.27. The summed E-state index contributed by atoms with van der Waals surface area (Å²) >= 11 is 0. The van der Waals surface area contributed by atoms with E-state index in [9.17, 15) is 9.59 Å². The predicted octanol–water partition coefficient (Wildman–Crippen LogP) is 2.72. The maximum Gasteiger partial charge on any atom is 0.318 e. The van der Waals surface area contributed by atoms with Crippen molar-refractivity contribution in [2.45, 2.75) is 31.6 Å². The third kappa shape index (κ3) is 1.86. The lowest BCUT2D eigenvalue weighted by atomic mass is 9.84. The largest absolute Gasteiger partial charge is 0.430 e. The van der Waals surface area contributed by atoms with Gasteiger partial charge in [-0.05, 0) is 18.4 Å². The second-order valence-corrected chi connectivity index (χ2v) is 4.77. The summed E-state index contributed by atoms with van der Waals surface area (Å²) in [5.41, 5.74) is 1.65. The molecule has 0 amide bonds. The molecule has 92 valence electrons. The second kappa shape index (κ2) is 4.41. The number of rotatable bonds is 1. The van der Waals surface area contributed by atoms with E-state index in [0.29, 0.717) is 25.0 Å². The first-order chi connectivity index (χ1) is 8.75. The highest BCUT2D eigenvalue weighted by molar-refractivity contribution is 5.99. The van der Waals surface area contributed by atoms with Gasteiger partial charge in [-0.1, -0.05) is 30.3 Å². The van der Waals surface area contributed by atoms with Crippen LogP contribution in [0, 0.1) is 0 Å². The van der Waals surface area contributed by atoms with Gasteiger partial charge in [0.15, 0.2) is 5.78 Å². The van der Waals surface area contributed by atoms with Gasteiger partial charge in [-0.15, -0.1) is 0 Å². The first-order valence-corrected chi connectivity index (χ1v) is 6.27. The van der Waals surface area contributed by atoms with Crippen LogP contribution in [0.1, 0.15) is 37.2 Å². The zero-order valence-corrected chi connectivity index (χ0v) is 10.0. The average Bonchev–Trinajstić information content (AvgIpc) is 2.39. The van der Waals surface area contributed by atoms with Gasteiger partial charge >= 0.3 is 5.97 Å². The molecule has 18 heavy (non-hydrogen) atoms. The van der Waals surface area contributed by atoms with E-state index in [4.69, 9.17) is 4.74 Å². The lowest BCUT2D eigenvalue weighted by Gasteiger charge is -2.28. The summed E-state index contributed by atoms with van der Waals surface area (Å²) in [6, 6.07) is 9.52. The maximum absolute atomic E-state index is 12.0. The summed E-state index contributed by atoms with van der Waals surface area (Å²) in [4.78, 5) is 23.9. The molecule has 3 rings (SSSR count). The summed E-state index contributed by atoms with van der Waals surface area (Å²) in [5, 5.41) is 0. The van der Waals surface area contributed by atoms with E-state index in [1.54, 1.807) is 0 Å². The minimum atomic E-state index is -0.327. The van der Waals surface area contributed by atoms with Crippen molar-refractivity contribution >= 4 is 11.8 Å². The standard InChI is InChI=1S/C15H14O3/c16-13-7-4-8-14-12(13)9-11(15(17)18-14)10-5-2-1-3-6-10/h1-3,5-6,11H,4,7-9H2.